The van der Waals surface area contributed by atoms with Crippen molar-refractivity contribution in [2.75, 3.05) is 0 Å². The quantitative estimate of drug-likeness (QED) is 0.737. The third-order valence-corrected chi connectivity index (χ3v) is 7.45. The lowest BCUT2D eigenvalue weighted by atomic mass is 9.43. The third-order valence-electron chi connectivity index (χ3n) is 7.45. The molecule has 5 atom stereocenters. The molecule has 0 aliphatic heterocycles. The van der Waals surface area contributed by atoms with E-state index in [0.29, 0.717) is 6.42 Å². The molecule has 0 bridgehead atoms. The molecule has 3 aliphatic carbocycles. The van der Waals surface area contributed by atoms with Crippen molar-refractivity contribution in [2.24, 2.45) is 34.5 Å². The zero-order valence-corrected chi connectivity index (χ0v) is 17.3. The van der Waals surface area contributed by atoms with Gasteiger partial charge >= 0.3 is 5.97 Å². The highest BCUT2D eigenvalue weighted by Crippen LogP contribution is 2.63. The first-order valence-electron chi connectivity index (χ1n) is 10.1. The van der Waals surface area contributed by atoms with Crippen molar-refractivity contribution >= 4 is 17.5 Å². The number of aliphatic hydroxyl groups is 1. The molecule has 0 spiro atoms. The molecule has 5 unspecified atom stereocenters. The number of esters is 1. The van der Waals surface area contributed by atoms with Gasteiger partial charge in [0.1, 0.15) is 6.10 Å². The number of fused-ring (bicyclic) bond motifs is 3. The molecule has 5 nitrogen and oxygen atoms in total. The lowest BCUT2D eigenvalue weighted by Crippen LogP contribution is -2.62. The van der Waals surface area contributed by atoms with Gasteiger partial charge in [-0.25, -0.2) is 0 Å². The summed E-state index contributed by atoms with van der Waals surface area (Å²) < 4.78 is 5.61. The number of rotatable bonds is 2. The molecule has 2 fully saturated rings. The van der Waals surface area contributed by atoms with E-state index in [4.69, 9.17) is 4.74 Å². The summed E-state index contributed by atoms with van der Waals surface area (Å²) in [6.45, 7) is 11.4. The van der Waals surface area contributed by atoms with Crippen LogP contribution >= 0.6 is 0 Å². The number of ether oxygens (including phenoxy) is 1. The summed E-state index contributed by atoms with van der Waals surface area (Å²) in [5, 5.41) is 10.6. The van der Waals surface area contributed by atoms with Gasteiger partial charge in [0, 0.05) is 18.4 Å². The van der Waals surface area contributed by atoms with E-state index in [1.165, 1.54) is 6.92 Å². The predicted octanol–water partition coefficient (Wildman–Crippen LogP) is 4.01. The van der Waals surface area contributed by atoms with Crippen LogP contribution in [0.4, 0.5) is 0 Å². The van der Waals surface area contributed by atoms with Crippen molar-refractivity contribution in [3.05, 3.63) is 11.3 Å². The summed E-state index contributed by atoms with van der Waals surface area (Å²) in [6.07, 6.45) is 2.86. The van der Waals surface area contributed by atoms with Crippen LogP contribution in [0.5, 0.6) is 0 Å². The second-order valence-corrected chi connectivity index (χ2v) is 9.93. The molecule has 2 saturated carbocycles. The Kier molecular flexibility index (Phi) is 4.80. The molecule has 0 amide bonds. The number of allylic oxidation sites excluding steroid dienone is 2. The first kappa shape index (κ1) is 20.1. The van der Waals surface area contributed by atoms with Crippen LogP contribution in [-0.2, 0) is 19.1 Å². The van der Waals surface area contributed by atoms with E-state index in [0.717, 1.165) is 19.3 Å². The molecule has 150 valence electrons. The van der Waals surface area contributed by atoms with Crippen LogP contribution in [-0.4, -0.2) is 28.7 Å². The van der Waals surface area contributed by atoms with Crippen molar-refractivity contribution in [3.63, 3.8) is 0 Å². The van der Waals surface area contributed by atoms with Crippen LogP contribution in [0.25, 0.3) is 0 Å². The molecule has 0 heterocycles. The minimum atomic E-state index is -0.690. The van der Waals surface area contributed by atoms with E-state index in [-0.39, 0.29) is 45.6 Å². The third kappa shape index (κ3) is 2.94. The zero-order valence-electron chi connectivity index (χ0n) is 17.3. The van der Waals surface area contributed by atoms with Crippen molar-refractivity contribution in [1.82, 2.24) is 0 Å². The van der Waals surface area contributed by atoms with Crippen LogP contribution in [0.2, 0.25) is 0 Å². The average molecular weight is 376 g/mol. The van der Waals surface area contributed by atoms with Crippen molar-refractivity contribution in [1.29, 1.82) is 0 Å². The fraction of sp³-hybridized carbons (Fsp3) is 0.773. The van der Waals surface area contributed by atoms with E-state index in [1.807, 2.05) is 0 Å². The molecule has 0 radical (unpaired) electrons. The van der Waals surface area contributed by atoms with Crippen molar-refractivity contribution in [3.8, 4) is 0 Å². The Morgan fingerprint density at radius 3 is 2.33 bits per heavy atom. The fourth-order valence-electron chi connectivity index (χ4n) is 6.38. The molecule has 0 aromatic carbocycles. The Bertz CT molecular complexity index is 716. The number of aliphatic hydroxyl groups excluding tert-OH is 1. The van der Waals surface area contributed by atoms with Gasteiger partial charge in [-0.1, -0.05) is 41.0 Å². The SMILES string of the molecule is CC(=O)OC1CC2C(C)(C)CCCC2(C)C2C(=O)C(O)=C(C(C)C)C(=O)C12. The van der Waals surface area contributed by atoms with Gasteiger partial charge in [0.15, 0.2) is 11.5 Å². The summed E-state index contributed by atoms with van der Waals surface area (Å²) in [5.74, 6) is -2.79. The van der Waals surface area contributed by atoms with Crippen LogP contribution in [0, 0.1) is 34.5 Å². The smallest absolute Gasteiger partial charge is 0.302 e. The number of ketones is 2. The maximum Gasteiger partial charge on any atom is 0.302 e. The van der Waals surface area contributed by atoms with Gasteiger partial charge in [-0.05, 0) is 41.9 Å². The molecule has 5 heteroatoms. The van der Waals surface area contributed by atoms with Crippen molar-refractivity contribution in [2.45, 2.75) is 73.3 Å². The molecular formula is C22H32O5. The molecule has 3 rings (SSSR count). The highest BCUT2D eigenvalue weighted by atomic mass is 16.5. The number of hydrogen-bond donors (Lipinski definition) is 1. The van der Waals surface area contributed by atoms with Crippen LogP contribution in [0.1, 0.15) is 67.2 Å². The molecule has 3 aliphatic rings. The minimum Gasteiger partial charge on any atom is -0.504 e. The molecule has 27 heavy (non-hydrogen) atoms. The van der Waals surface area contributed by atoms with E-state index < -0.39 is 23.9 Å². The summed E-state index contributed by atoms with van der Waals surface area (Å²) in [7, 11) is 0. The van der Waals surface area contributed by atoms with Crippen LogP contribution < -0.4 is 0 Å². The van der Waals surface area contributed by atoms with E-state index in [2.05, 4.69) is 20.8 Å². The van der Waals surface area contributed by atoms with Gasteiger partial charge in [-0.15, -0.1) is 0 Å². The van der Waals surface area contributed by atoms with Gasteiger partial charge in [0.05, 0.1) is 5.92 Å². The zero-order chi connectivity index (χ0) is 20.3. The molecule has 0 saturated heterocycles. The fourth-order valence-corrected chi connectivity index (χ4v) is 6.38. The van der Waals surface area contributed by atoms with Crippen LogP contribution in [0.15, 0.2) is 11.3 Å². The predicted molar refractivity (Wildman–Crippen MR) is 101 cm³/mol. The number of Topliss-reactive ketones (excluding diaryl/α,β-unsaturated/α-hetero) is 2. The van der Waals surface area contributed by atoms with Gasteiger partial charge in [-0.2, -0.15) is 0 Å². The lowest BCUT2D eigenvalue weighted by molar-refractivity contribution is -0.184. The summed E-state index contributed by atoms with van der Waals surface area (Å²) >= 11 is 0. The number of carbonyl (C=O) groups excluding carboxylic acids is 3. The lowest BCUT2D eigenvalue weighted by Gasteiger charge is -2.60. The highest BCUT2D eigenvalue weighted by Gasteiger charge is 2.64. The van der Waals surface area contributed by atoms with E-state index >= 15 is 0 Å². The first-order chi connectivity index (χ1) is 12.4. The first-order valence-corrected chi connectivity index (χ1v) is 10.1. The second-order valence-electron chi connectivity index (χ2n) is 9.93. The van der Waals surface area contributed by atoms with Crippen molar-refractivity contribution < 1.29 is 24.2 Å². The van der Waals surface area contributed by atoms with Gasteiger partial charge in [0.2, 0.25) is 5.78 Å². The van der Waals surface area contributed by atoms with E-state index in [9.17, 15) is 19.5 Å². The Balaban J connectivity index is 2.18. The topological polar surface area (TPSA) is 80.7 Å². The average Bonchev–Trinajstić information content (AvgIpc) is 2.52. The standard InChI is InChI=1S/C22H32O5/c1-11(2)15-18(24)16-13(27-12(3)23)10-14-21(4,5)8-7-9-22(14,6)17(16)20(26)19(15)25/h11,13-14,16-17,25H,7-10H2,1-6H3. The molecule has 0 aromatic rings. The second kappa shape index (κ2) is 6.46. The van der Waals surface area contributed by atoms with Crippen LogP contribution in [0.3, 0.4) is 0 Å². The Labute approximate surface area is 161 Å². The number of hydrogen-bond acceptors (Lipinski definition) is 5. The molecule has 1 N–H and O–H groups in total. The maximum atomic E-state index is 13.4. The normalized spacial score (nSPS) is 38.5. The molecule has 0 aromatic heterocycles. The monoisotopic (exact) mass is 376 g/mol. The minimum absolute atomic E-state index is 0.0165. The highest BCUT2D eigenvalue weighted by molar-refractivity contribution is 6.13. The van der Waals surface area contributed by atoms with Gasteiger partial charge in [0.25, 0.3) is 0 Å². The maximum absolute atomic E-state index is 13.4. The van der Waals surface area contributed by atoms with E-state index in [1.54, 1.807) is 13.8 Å². The largest absolute Gasteiger partial charge is 0.504 e. The van der Waals surface area contributed by atoms with Gasteiger partial charge in [-0.3, -0.25) is 14.4 Å². The summed E-state index contributed by atoms with van der Waals surface area (Å²) in [6, 6.07) is 0. The Hall–Kier alpha value is -1.65. The Morgan fingerprint density at radius 2 is 1.78 bits per heavy atom. The summed E-state index contributed by atoms with van der Waals surface area (Å²) in [5.41, 5.74) is -0.209. The number of carbonyl (C=O) groups is 3. The van der Waals surface area contributed by atoms with Gasteiger partial charge < -0.3 is 9.84 Å². The Morgan fingerprint density at radius 1 is 1.15 bits per heavy atom. The molecular weight excluding hydrogens is 344 g/mol. The summed E-state index contributed by atoms with van der Waals surface area (Å²) in [4.78, 5) is 38.5.